The van der Waals surface area contributed by atoms with Crippen molar-refractivity contribution in [2.75, 3.05) is 19.7 Å². The minimum Gasteiger partial charge on any atom is -1.00 e. The Kier molecular flexibility index (Phi) is 8.61. The maximum Gasteiger partial charge on any atom is 0.277 e. The van der Waals surface area contributed by atoms with Crippen LogP contribution in [-0.2, 0) is 16.4 Å². The van der Waals surface area contributed by atoms with Gasteiger partial charge in [0.05, 0.1) is 22.8 Å². The van der Waals surface area contributed by atoms with E-state index in [4.69, 9.17) is 4.74 Å². The third kappa shape index (κ3) is 5.24. The van der Waals surface area contributed by atoms with E-state index in [1.807, 2.05) is 13.8 Å². The Bertz CT molecular complexity index is 1340. The highest BCUT2D eigenvalue weighted by Crippen LogP contribution is 2.32. The number of aryl methyl sites for hydroxylation is 2. The van der Waals surface area contributed by atoms with Gasteiger partial charge in [-0.3, -0.25) is 4.79 Å². The van der Waals surface area contributed by atoms with Crippen molar-refractivity contribution in [1.29, 1.82) is 0 Å². The molecular formula is C24H33ClN5O4S-. The summed E-state index contributed by atoms with van der Waals surface area (Å²) in [5, 5.41) is 4.66. The Hall–Kier alpha value is -2.43. The highest BCUT2D eigenvalue weighted by Gasteiger charge is 2.30. The van der Waals surface area contributed by atoms with E-state index < -0.39 is 10.0 Å². The predicted molar refractivity (Wildman–Crippen MR) is 131 cm³/mol. The molecule has 0 aliphatic carbocycles. The molecule has 1 aromatic carbocycles. The zero-order valence-corrected chi connectivity index (χ0v) is 22.2. The van der Waals surface area contributed by atoms with Crippen LogP contribution in [0.15, 0.2) is 27.9 Å². The molecule has 1 saturated heterocycles. The van der Waals surface area contributed by atoms with E-state index in [2.05, 4.69) is 22.0 Å². The third-order valence-electron chi connectivity index (χ3n) is 6.51. The second-order valence-corrected chi connectivity index (χ2v) is 10.7. The van der Waals surface area contributed by atoms with Crippen LogP contribution >= 0.6 is 0 Å². The number of aromatic nitrogens is 4. The monoisotopic (exact) mass is 522 g/mol. The molecule has 11 heteroatoms. The second kappa shape index (κ2) is 11.1. The Balaban J connectivity index is 0.00000342. The van der Waals surface area contributed by atoms with Crippen LogP contribution < -0.4 is 22.7 Å². The van der Waals surface area contributed by atoms with Crippen molar-refractivity contribution < 1.29 is 25.6 Å². The summed E-state index contributed by atoms with van der Waals surface area (Å²) in [7, 11) is -3.68. The smallest absolute Gasteiger partial charge is 0.277 e. The summed E-state index contributed by atoms with van der Waals surface area (Å²) >= 11 is 0. The van der Waals surface area contributed by atoms with E-state index in [9.17, 15) is 13.2 Å². The number of rotatable bonds is 8. The van der Waals surface area contributed by atoms with Gasteiger partial charge in [0, 0.05) is 19.5 Å². The number of hydrogen-bond acceptors (Lipinski definition) is 6. The summed E-state index contributed by atoms with van der Waals surface area (Å²) in [4.78, 5) is 20.4. The molecule has 2 aromatic heterocycles. The zero-order chi connectivity index (χ0) is 24.5. The van der Waals surface area contributed by atoms with Crippen molar-refractivity contribution >= 4 is 15.5 Å². The summed E-state index contributed by atoms with van der Waals surface area (Å²) in [6.45, 7) is 9.23. The molecular weight excluding hydrogens is 490 g/mol. The molecule has 0 unspecified atom stereocenters. The Morgan fingerprint density at radius 1 is 1.17 bits per heavy atom. The molecule has 35 heavy (non-hydrogen) atoms. The lowest BCUT2D eigenvalue weighted by atomic mass is 9.96. The minimum absolute atomic E-state index is 0. The maximum absolute atomic E-state index is 13.4. The van der Waals surface area contributed by atoms with E-state index in [-0.39, 0.29) is 28.7 Å². The van der Waals surface area contributed by atoms with Gasteiger partial charge >= 0.3 is 0 Å². The normalized spacial score (nSPS) is 15.3. The van der Waals surface area contributed by atoms with Crippen LogP contribution in [0.25, 0.3) is 16.9 Å². The van der Waals surface area contributed by atoms with Gasteiger partial charge in [-0.25, -0.2) is 17.9 Å². The number of imidazole rings is 1. The zero-order valence-electron chi connectivity index (χ0n) is 20.7. The van der Waals surface area contributed by atoms with Gasteiger partial charge in [-0.2, -0.15) is 4.31 Å². The standard InChI is InChI=1S/C24H33N5O4S.ClH/c1-5-8-21-25-16(4)22-24(30)26-23(27-29(21)22)19-15-18(9-10-20(19)33-7-3)34(31,32)28-13-11-17(6-2)12-14-28;/h9-10,15,17H,5-8,11-14H2,1-4H3,(H,26,27,30);1H/p-1. The molecule has 9 nitrogen and oxygen atoms in total. The molecule has 0 bridgehead atoms. The molecule has 0 saturated carbocycles. The molecule has 0 amide bonds. The lowest BCUT2D eigenvalue weighted by Crippen LogP contribution is -3.00. The highest BCUT2D eigenvalue weighted by atomic mass is 35.5. The van der Waals surface area contributed by atoms with E-state index in [0.717, 1.165) is 25.7 Å². The lowest BCUT2D eigenvalue weighted by Gasteiger charge is -2.30. The first kappa shape index (κ1) is 27.2. The van der Waals surface area contributed by atoms with Crippen molar-refractivity contribution in [3.05, 3.63) is 40.1 Å². The summed E-state index contributed by atoms with van der Waals surface area (Å²) in [5.41, 5.74) is 1.11. The summed E-state index contributed by atoms with van der Waals surface area (Å²) < 4.78 is 35.8. The van der Waals surface area contributed by atoms with Gasteiger partial charge in [-0.05, 0) is 57.2 Å². The predicted octanol–water partition coefficient (Wildman–Crippen LogP) is 0.559. The molecule has 4 rings (SSSR count). The quantitative estimate of drug-likeness (QED) is 0.463. The number of H-pyrrole nitrogens is 1. The molecule has 1 aliphatic rings. The minimum atomic E-state index is -3.68. The van der Waals surface area contributed by atoms with E-state index in [1.165, 1.54) is 0 Å². The van der Waals surface area contributed by atoms with Crippen molar-refractivity contribution in [3.8, 4) is 17.1 Å². The van der Waals surface area contributed by atoms with Crippen molar-refractivity contribution in [1.82, 2.24) is 23.9 Å². The van der Waals surface area contributed by atoms with Crippen LogP contribution in [0.1, 0.15) is 58.0 Å². The number of fused-ring (bicyclic) bond motifs is 1. The molecule has 1 aliphatic heterocycles. The van der Waals surface area contributed by atoms with E-state index in [1.54, 1.807) is 33.9 Å². The number of benzene rings is 1. The lowest BCUT2D eigenvalue weighted by molar-refractivity contribution is -0.0000107. The first-order chi connectivity index (χ1) is 16.3. The van der Waals surface area contributed by atoms with Crippen LogP contribution in [-0.4, -0.2) is 52.0 Å². The average molecular weight is 523 g/mol. The van der Waals surface area contributed by atoms with Gasteiger partial charge in [-0.1, -0.05) is 20.3 Å². The SMILES string of the molecule is CCCc1nc(C)c2c(=O)[nH]c(-c3cc(S(=O)(=O)N4CCC(CC)CC4)ccc3OCC)nn12.[Cl-]. The summed E-state index contributed by atoms with van der Waals surface area (Å²) in [5.74, 6) is 1.97. The Morgan fingerprint density at radius 3 is 2.51 bits per heavy atom. The number of halogens is 1. The van der Waals surface area contributed by atoms with Gasteiger partial charge in [0.2, 0.25) is 10.0 Å². The van der Waals surface area contributed by atoms with Crippen LogP contribution in [0.5, 0.6) is 5.75 Å². The van der Waals surface area contributed by atoms with Gasteiger partial charge in [-0.15, -0.1) is 5.10 Å². The molecule has 0 radical (unpaired) electrons. The van der Waals surface area contributed by atoms with Crippen molar-refractivity contribution in [2.24, 2.45) is 5.92 Å². The van der Waals surface area contributed by atoms with Crippen LogP contribution in [0.4, 0.5) is 0 Å². The molecule has 3 aromatic rings. The van der Waals surface area contributed by atoms with Crippen molar-refractivity contribution in [2.45, 2.75) is 64.7 Å². The number of sulfonamides is 1. The fourth-order valence-electron chi connectivity index (χ4n) is 4.59. The average Bonchev–Trinajstić information content (AvgIpc) is 3.15. The second-order valence-electron chi connectivity index (χ2n) is 8.77. The molecule has 192 valence electrons. The van der Waals surface area contributed by atoms with Gasteiger partial charge in [0.25, 0.3) is 5.56 Å². The molecule has 3 heterocycles. The number of aromatic amines is 1. The topological polar surface area (TPSA) is 110 Å². The first-order valence-corrected chi connectivity index (χ1v) is 13.5. The molecule has 1 N–H and O–H groups in total. The van der Waals surface area contributed by atoms with E-state index >= 15 is 0 Å². The molecule has 0 spiro atoms. The number of nitrogens with zero attached hydrogens (tertiary/aromatic N) is 4. The number of hydrogen-bond donors (Lipinski definition) is 1. The van der Waals surface area contributed by atoms with Crippen molar-refractivity contribution in [3.63, 3.8) is 0 Å². The van der Waals surface area contributed by atoms with E-state index in [0.29, 0.717) is 60.4 Å². The summed E-state index contributed by atoms with van der Waals surface area (Å²) in [6, 6.07) is 4.76. The highest BCUT2D eigenvalue weighted by molar-refractivity contribution is 7.89. The fourth-order valence-corrected chi connectivity index (χ4v) is 6.08. The maximum atomic E-state index is 13.4. The summed E-state index contributed by atoms with van der Waals surface area (Å²) in [6.07, 6.45) is 4.33. The van der Waals surface area contributed by atoms with Gasteiger partial charge in [0.15, 0.2) is 11.3 Å². The van der Waals surface area contributed by atoms with Crippen LogP contribution in [0, 0.1) is 12.8 Å². The van der Waals surface area contributed by atoms with Gasteiger partial charge in [0.1, 0.15) is 11.6 Å². The first-order valence-electron chi connectivity index (χ1n) is 12.1. The number of ether oxygens (including phenoxy) is 1. The molecule has 0 atom stereocenters. The van der Waals surface area contributed by atoms with Gasteiger partial charge < -0.3 is 22.1 Å². The Morgan fingerprint density at radius 2 is 1.89 bits per heavy atom. The largest absolute Gasteiger partial charge is 1.00 e. The van der Waals surface area contributed by atoms with Crippen LogP contribution in [0.3, 0.4) is 0 Å². The molecule has 1 fully saturated rings. The number of nitrogens with one attached hydrogen (secondary N) is 1. The third-order valence-corrected chi connectivity index (χ3v) is 8.41. The fraction of sp³-hybridized carbons (Fsp3) is 0.542. The number of piperidine rings is 1. The Labute approximate surface area is 212 Å². The van der Waals surface area contributed by atoms with Crippen LogP contribution in [0.2, 0.25) is 0 Å².